The Morgan fingerprint density at radius 1 is 1.04 bits per heavy atom. The number of nitrogens with one attached hydrogen (secondary N) is 1. The number of hydrogen-bond donors (Lipinski definition) is 1. The summed E-state index contributed by atoms with van der Waals surface area (Å²) in [7, 11) is -7.10. The fourth-order valence-corrected chi connectivity index (χ4v) is 7.91. The van der Waals surface area contributed by atoms with Crippen LogP contribution in [0, 0.1) is 6.92 Å². The molecule has 25 heavy (non-hydrogen) atoms. The Labute approximate surface area is 148 Å². The first-order valence-electron chi connectivity index (χ1n) is 8.06. The molecule has 1 aliphatic heterocycles. The van der Waals surface area contributed by atoms with Gasteiger partial charge in [-0.2, -0.15) is 0 Å². The van der Waals surface area contributed by atoms with Crippen LogP contribution in [0.3, 0.4) is 0 Å². The zero-order valence-corrected chi connectivity index (χ0v) is 15.6. The molecule has 5 nitrogen and oxygen atoms in total. The summed E-state index contributed by atoms with van der Waals surface area (Å²) in [6.07, 6.45) is 0. The second kappa shape index (κ2) is 6.90. The minimum atomic E-state index is -3.71. The van der Waals surface area contributed by atoms with E-state index in [4.69, 9.17) is 0 Å². The average molecular weight is 380 g/mol. The van der Waals surface area contributed by atoms with Crippen LogP contribution >= 0.6 is 0 Å². The van der Waals surface area contributed by atoms with Gasteiger partial charge in [-0.05, 0) is 24.6 Å². The monoisotopic (exact) mass is 379 g/mol. The van der Waals surface area contributed by atoms with Crippen LogP contribution in [0.4, 0.5) is 0 Å². The third kappa shape index (κ3) is 4.11. The van der Waals surface area contributed by atoms with Crippen molar-refractivity contribution in [2.24, 2.45) is 0 Å². The van der Waals surface area contributed by atoms with Crippen molar-refractivity contribution < 1.29 is 16.8 Å². The standard InChI is InChI=1S/C18H21NO4S2/c1-14-6-5-7-15(10-14)11-19-17-12-24(20,21)13-18(17)25(22,23)16-8-3-2-4-9-16/h2-10,17-19H,11-13H2,1H3/t17-,18-/m0/s1. The van der Waals surface area contributed by atoms with Gasteiger partial charge in [0.2, 0.25) is 0 Å². The Morgan fingerprint density at radius 2 is 1.76 bits per heavy atom. The van der Waals surface area contributed by atoms with E-state index in [0.29, 0.717) is 6.54 Å². The molecule has 3 rings (SSSR count). The third-order valence-corrected chi connectivity index (χ3v) is 8.59. The first-order valence-corrected chi connectivity index (χ1v) is 11.4. The lowest BCUT2D eigenvalue weighted by molar-refractivity contribution is 0.526. The smallest absolute Gasteiger partial charge is 0.183 e. The lowest BCUT2D eigenvalue weighted by Crippen LogP contribution is -2.43. The first-order chi connectivity index (χ1) is 11.8. The molecular formula is C18H21NO4S2. The molecule has 0 unspecified atom stereocenters. The molecule has 0 aliphatic carbocycles. The minimum Gasteiger partial charge on any atom is -0.308 e. The summed E-state index contributed by atoms with van der Waals surface area (Å²) < 4.78 is 50.0. The molecule has 134 valence electrons. The van der Waals surface area contributed by atoms with Gasteiger partial charge in [-0.25, -0.2) is 16.8 Å². The third-order valence-electron chi connectivity index (χ3n) is 4.42. The van der Waals surface area contributed by atoms with Gasteiger partial charge in [-0.15, -0.1) is 0 Å². The van der Waals surface area contributed by atoms with Crippen molar-refractivity contribution in [3.05, 3.63) is 65.7 Å². The van der Waals surface area contributed by atoms with Crippen LogP contribution in [-0.4, -0.2) is 39.6 Å². The van der Waals surface area contributed by atoms with E-state index < -0.39 is 31.0 Å². The topological polar surface area (TPSA) is 80.3 Å². The molecule has 0 bridgehead atoms. The highest BCUT2D eigenvalue weighted by Gasteiger charge is 2.45. The predicted octanol–water partition coefficient (Wildman–Crippen LogP) is 1.72. The van der Waals surface area contributed by atoms with Crippen LogP contribution in [0.5, 0.6) is 0 Å². The molecule has 0 spiro atoms. The van der Waals surface area contributed by atoms with Crippen LogP contribution in [-0.2, 0) is 26.2 Å². The molecule has 2 atom stereocenters. The van der Waals surface area contributed by atoms with Gasteiger partial charge >= 0.3 is 0 Å². The number of sulfone groups is 2. The van der Waals surface area contributed by atoms with Gasteiger partial charge in [0, 0.05) is 12.6 Å². The Morgan fingerprint density at radius 3 is 2.44 bits per heavy atom. The molecule has 1 saturated heterocycles. The van der Waals surface area contributed by atoms with Gasteiger partial charge < -0.3 is 5.32 Å². The van der Waals surface area contributed by atoms with E-state index in [1.54, 1.807) is 18.2 Å². The second-order valence-corrected chi connectivity index (χ2v) is 10.8. The number of benzene rings is 2. The van der Waals surface area contributed by atoms with Crippen molar-refractivity contribution in [2.45, 2.75) is 29.7 Å². The molecule has 1 aliphatic rings. The Balaban J connectivity index is 1.84. The summed E-state index contributed by atoms with van der Waals surface area (Å²) >= 11 is 0. The molecule has 2 aromatic rings. The Bertz CT molecular complexity index is 954. The van der Waals surface area contributed by atoms with E-state index in [0.717, 1.165) is 11.1 Å². The summed E-state index contributed by atoms with van der Waals surface area (Å²) in [6, 6.07) is 15.3. The molecule has 2 aromatic carbocycles. The van der Waals surface area contributed by atoms with Crippen molar-refractivity contribution in [3.8, 4) is 0 Å². The molecule has 1 heterocycles. The van der Waals surface area contributed by atoms with Crippen molar-refractivity contribution in [2.75, 3.05) is 11.5 Å². The second-order valence-electron chi connectivity index (χ2n) is 6.45. The average Bonchev–Trinajstić information content (AvgIpc) is 2.89. The number of hydrogen-bond acceptors (Lipinski definition) is 5. The fourth-order valence-electron chi connectivity index (χ4n) is 3.17. The fraction of sp³-hybridized carbons (Fsp3) is 0.333. The van der Waals surface area contributed by atoms with E-state index in [-0.39, 0.29) is 16.4 Å². The minimum absolute atomic E-state index is 0.157. The van der Waals surface area contributed by atoms with Crippen LogP contribution < -0.4 is 5.32 Å². The highest BCUT2D eigenvalue weighted by Crippen LogP contribution is 2.26. The molecule has 7 heteroatoms. The highest BCUT2D eigenvalue weighted by molar-refractivity contribution is 7.96. The zero-order valence-electron chi connectivity index (χ0n) is 13.9. The Hall–Kier alpha value is -1.70. The molecule has 1 N–H and O–H groups in total. The zero-order chi connectivity index (χ0) is 18.1. The Kier molecular flexibility index (Phi) is 4.99. The van der Waals surface area contributed by atoms with Crippen LogP contribution in [0.2, 0.25) is 0 Å². The van der Waals surface area contributed by atoms with Crippen molar-refractivity contribution in [1.29, 1.82) is 0 Å². The van der Waals surface area contributed by atoms with Gasteiger partial charge in [-0.3, -0.25) is 0 Å². The number of rotatable bonds is 5. The quantitative estimate of drug-likeness (QED) is 0.856. The molecule has 1 fully saturated rings. The van der Waals surface area contributed by atoms with E-state index >= 15 is 0 Å². The predicted molar refractivity (Wildman–Crippen MR) is 97.9 cm³/mol. The van der Waals surface area contributed by atoms with Crippen molar-refractivity contribution >= 4 is 19.7 Å². The molecule has 0 radical (unpaired) electrons. The summed E-state index contributed by atoms with van der Waals surface area (Å²) in [5, 5.41) is 2.18. The van der Waals surface area contributed by atoms with E-state index in [9.17, 15) is 16.8 Å². The molecular weight excluding hydrogens is 358 g/mol. The lowest BCUT2D eigenvalue weighted by atomic mass is 10.1. The molecule has 0 saturated carbocycles. The van der Waals surface area contributed by atoms with Crippen LogP contribution in [0.15, 0.2) is 59.5 Å². The van der Waals surface area contributed by atoms with Crippen LogP contribution in [0.25, 0.3) is 0 Å². The van der Waals surface area contributed by atoms with Crippen molar-refractivity contribution in [1.82, 2.24) is 5.32 Å². The largest absolute Gasteiger partial charge is 0.308 e. The maximum absolute atomic E-state index is 12.9. The van der Waals surface area contributed by atoms with Crippen LogP contribution in [0.1, 0.15) is 11.1 Å². The summed E-state index contributed by atoms with van der Waals surface area (Å²) in [5.74, 6) is -0.495. The van der Waals surface area contributed by atoms with Gasteiger partial charge in [0.25, 0.3) is 0 Å². The summed E-state index contributed by atoms with van der Waals surface area (Å²) in [6.45, 7) is 2.41. The maximum atomic E-state index is 12.9. The van der Waals surface area contributed by atoms with Gasteiger partial charge in [0.05, 0.1) is 21.7 Å². The highest BCUT2D eigenvalue weighted by atomic mass is 32.2. The summed E-state index contributed by atoms with van der Waals surface area (Å²) in [4.78, 5) is 0.166. The normalized spacial score (nSPS) is 22.8. The maximum Gasteiger partial charge on any atom is 0.183 e. The van der Waals surface area contributed by atoms with E-state index in [1.165, 1.54) is 12.1 Å². The van der Waals surface area contributed by atoms with E-state index in [1.807, 2.05) is 31.2 Å². The van der Waals surface area contributed by atoms with Gasteiger partial charge in [0.1, 0.15) is 0 Å². The number of aryl methyl sites for hydroxylation is 1. The van der Waals surface area contributed by atoms with Gasteiger partial charge in [0.15, 0.2) is 19.7 Å². The molecule has 0 aromatic heterocycles. The van der Waals surface area contributed by atoms with Gasteiger partial charge in [-0.1, -0.05) is 48.0 Å². The first kappa shape index (κ1) is 18.1. The summed E-state index contributed by atoms with van der Waals surface area (Å²) in [5.41, 5.74) is 2.10. The lowest BCUT2D eigenvalue weighted by Gasteiger charge is -2.20. The SMILES string of the molecule is Cc1cccc(CN[C@H]2CS(=O)(=O)C[C@@H]2S(=O)(=O)c2ccccc2)c1. The molecule has 0 amide bonds. The van der Waals surface area contributed by atoms with Crippen molar-refractivity contribution in [3.63, 3.8) is 0 Å². The van der Waals surface area contributed by atoms with E-state index in [2.05, 4.69) is 5.32 Å².